The molecule has 0 atom stereocenters. The number of amides is 2. The average molecular weight is 396 g/mol. The van der Waals surface area contributed by atoms with Gasteiger partial charge in [0.2, 0.25) is 11.8 Å². The number of piperazine rings is 1. The number of nitrogens with zero attached hydrogens (tertiary/aromatic N) is 2. The topological polar surface area (TPSA) is 64.7 Å². The SMILES string of the molecule is CN1CCN(c2ccc(NC(=O)C3(C(=O)Nc4ccccc4F)CC3)cc2)CC1. The highest BCUT2D eigenvalue weighted by molar-refractivity contribution is 6.16. The molecule has 0 unspecified atom stereocenters. The van der Waals surface area contributed by atoms with E-state index >= 15 is 0 Å². The molecule has 0 bridgehead atoms. The minimum atomic E-state index is -1.13. The van der Waals surface area contributed by atoms with Crippen molar-refractivity contribution in [3.8, 4) is 0 Å². The molecule has 2 aromatic rings. The lowest BCUT2D eigenvalue weighted by atomic mass is 10.0. The largest absolute Gasteiger partial charge is 0.369 e. The quantitative estimate of drug-likeness (QED) is 0.763. The Morgan fingerprint density at radius 3 is 2.14 bits per heavy atom. The van der Waals surface area contributed by atoms with Gasteiger partial charge in [-0.1, -0.05) is 12.1 Å². The van der Waals surface area contributed by atoms with Crippen LogP contribution >= 0.6 is 0 Å². The predicted molar refractivity (Wildman–Crippen MR) is 111 cm³/mol. The number of likely N-dealkylation sites (N-methyl/N-ethyl adjacent to an activating group) is 1. The van der Waals surface area contributed by atoms with E-state index in [4.69, 9.17) is 0 Å². The molecule has 2 aromatic carbocycles. The molecule has 2 N–H and O–H groups in total. The zero-order chi connectivity index (χ0) is 20.4. The van der Waals surface area contributed by atoms with E-state index in [0.29, 0.717) is 18.5 Å². The monoisotopic (exact) mass is 396 g/mol. The summed E-state index contributed by atoms with van der Waals surface area (Å²) in [4.78, 5) is 30.0. The van der Waals surface area contributed by atoms with Crippen LogP contribution in [0.15, 0.2) is 48.5 Å². The van der Waals surface area contributed by atoms with E-state index in [1.807, 2.05) is 24.3 Å². The number of benzene rings is 2. The highest BCUT2D eigenvalue weighted by atomic mass is 19.1. The Bertz CT molecular complexity index is 903. The van der Waals surface area contributed by atoms with Gasteiger partial charge in [0.25, 0.3) is 0 Å². The fourth-order valence-corrected chi connectivity index (χ4v) is 3.56. The normalized spacial score (nSPS) is 18.2. The van der Waals surface area contributed by atoms with E-state index < -0.39 is 17.1 Å². The van der Waals surface area contributed by atoms with E-state index in [1.165, 1.54) is 12.1 Å². The van der Waals surface area contributed by atoms with Gasteiger partial charge in [-0.2, -0.15) is 0 Å². The molecule has 4 rings (SSSR count). The molecule has 7 heteroatoms. The van der Waals surface area contributed by atoms with E-state index in [-0.39, 0.29) is 11.6 Å². The van der Waals surface area contributed by atoms with Gasteiger partial charge in [-0.05, 0) is 56.3 Å². The number of nitrogens with one attached hydrogen (secondary N) is 2. The minimum absolute atomic E-state index is 0.0908. The summed E-state index contributed by atoms with van der Waals surface area (Å²) in [7, 11) is 2.12. The predicted octanol–water partition coefficient (Wildman–Crippen LogP) is 2.93. The molecular formula is C22H25FN4O2. The third-order valence-corrected chi connectivity index (χ3v) is 5.73. The molecule has 29 heavy (non-hydrogen) atoms. The average Bonchev–Trinajstić information content (AvgIpc) is 3.53. The van der Waals surface area contributed by atoms with Crippen molar-refractivity contribution in [3.63, 3.8) is 0 Å². The molecule has 0 radical (unpaired) electrons. The Balaban J connectivity index is 1.38. The van der Waals surface area contributed by atoms with Gasteiger partial charge >= 0.3 is 0 Å². The van der Waals surface area contributed by atoms with Crippen LogP contribution in [-0.2, 0) is 9.59 Å². The van der Waals surface area contributed by atoms with Crippen LogP contribution in [-0.4, -0.2) is 49.9 Å². The van der Waals surface area contributed by atoms with E-state index in [1.54, 1.807) is 12.1 Å². The van der Waals surface area contributed by atoms with Crippen LogP contribution in [0.2, 0.25) is 0 Å². The number of hydrogen-bond donors (Lipinski definition) is 2. The van der Waals surface area contributed by atoms with Crippen LogP contribution in [0.4, 0.5) is 21.5 Å². The summed E-state index contributed by atoms with van der Waals surface area (Å²) in [6.45, 7) is 4.00. The molecule has 2 amide bonds. The lowest BCUT2D eigenvalue weighted by Gasteiger charge is -2.34. The first-order valence-corrected chi connectivity index (χ1v) is 9.89. The lowest BCUT2D eigenvalue weighted by molar-refractivity contribution is -0.131. The maximum Gasteiger partial charge on any atom is 0.240 e. The van der Waals surface area contributed by atoms with Gasteiger partial charge in [-0.15, -0.1) is 0 Å². The van der Waals surface area contributed by atoms with Crippen LogP contribution in [0.5, 0.6) is 0 Å². The summed E-state index contributed by atoms with van der Waals surface area (Å²) in [5.74, 6) is -1.33. The van der Waals surface area contributed by atoms with Crippen molar-refractivity contribution in [1.29, 1.82) is 0 Å². The number of anilines is 3. The summed E-state index contributed by atoms with van der Waals surface area (Å²) in [6, 6.07) is 13.6. The summed E-state index contributed by atoms with van der Waals surface area (Å²) in [6.07, 6.45) is 0.914. The highest BCUT2D eigenvalue weighted by Gasteiger charge is 2.56. The van der Waals surface area contributed by atoms with Crippen LogP contribution in [0.25, 0.3) is 0 Å². The Labute approximate surface area is 169 Å². The van der Waals surface area contributed by atoms with E-state index in [2.05, 4.69) is 27.5 Å². The molecule has 0 aromatic heterocycles. The number of halogens is 1. The third kappa shape index (κ3) is 4.10. The first kappa shape index (κ1) is 19.4. The second-order valence-electron chi connectivity index (χ2n) is 7.81. The number of carbonyl (C=O) groups is 2. The molecule has 152 valence electrons. The Hall–Kier alpha value is -2.93. The van der Waals surface area contributed by atoms with Gasteiger partial charge in [0.1, 0.15) is 11.2 Å². The first-order valence-electron chi connectivity index (χ1n) is 9.89. The van der Waals surface area contributed by atoms with Gasteiger partial charge in [-0.3, -0.25) is 9.59 Å². The van der Waals surface area contributed by atoms with Crippen molar-refractivity contribution in [3.05, 3.63) is 54.3 Å². The maximum atomic E-state index is 13.8. The second-order valence-corrected chi connectivity index (χ2v) is 7.81. The number of para-hydroxylation sites is 1. The lowest BCUT2D eigenvalue weighted by Crippen LogP contribution is -2.44. The zero-order valence-corrected chi connectivity index (χ0v) is 16.5. The van der Waals surface area contributed by atoms with Crippen molar-refractivity contribution in [2.24, 2.45) is 5.41 Å². The molecular weight excluding hydrogens is 371 g/mol. The van der Waals surface area contributed by atoms with Gasteiger partial charge < -0.3 is 20.4 Å². The third-order valence-electron chi connectivity index (χ3n) is 5.73. The van der Waals surface area contributed by atoms with Crippen molar-refractivity contribution in [2.75, 3.05) is 48.8 Å². The number of carbonyl (C=O) groups excluding carboxylic acids is 2. The van der Waals surface area contributed by atoms with Gasteiger partial charge in [0.15, 0.2) is 0 Å². The molecule has 1 aliphatic carbocycles. The standard InChI is InChI=1S/C22H25FN4O2/c1-26-12-14-27(15-13-26)17-8-6-16(7-9-17)24-20(28)22(10-11-22)21(29)25-19-5-3-2-4-18(19)23/h2-9H,10-15H2,1H3,(H,24,28)(H,25,29). The Morgan fingerprint density at radius 1 is 0.897 bits per heavy atom. The van der Waals surface area contributed by atoms with Crippen LogP contribution in [0.3, 0.4) is 0 Å². The number of hydrogen-bond acceptors (Lipinski definition) is 4. The van der Waals surface area contributed by atoms with Gasteiger partial charge in [0, 0.05) is 37.6 Å². The summed E-state index contributed by atoms with van der Waals surface area (Å²) in [5.41, 5.74) is 0.735. The van der Waals surface area contributed by atoms with Crippen LogP contribution in [0, 0.1) is 11.2 Å². The minimum Gasteiger partial charge on any atom is -0.369 e. The smallest absolute Gasteiger partial charge is 0.240 e. The molecule has 1 heterocycles. The fraction of sp³-hybridized carbons (Fsp3) is 0.364. The molecule has 1 saturated carbocycles. The summed E-state index contributed by atoms with van der Waals surface area (Å²) in [5, 5.41) is 5.39. The fourth-order valence-electron chi connectivity index (χ4n) is 3.56. The molecule has 6 nitrogen and oxygen atoms in total. The first-order chi connectivity index (χ1) is 14.0. The number of rotatable bonds is 5. The Morgan fingerprint density at radius 2 is 1.52 bits per heavy atom. The Kier molecular flexibility index (Phi) is 5.24. The molecule has 2 aliphatic rings. The second kappa shape index (κ2) is 7.83. The summed E-state index contributed by atoms with van der Waals surface area (Å²) < 4.78 is 13.8. The maximum absolute atomic E-state index is 13.8. The van der Waals surface area contributed by atoms with Crippen LogP contribution in [0.1, 0.15) is 12.8 Å². The highest BCUT2D eigenvalue weighted by Crippen LogP contribution is 2.47. The molecule has 1 aliphatic heterocycles. The van der Waals surface area contributed by atoms with Crippen molar-refractivity contribution >= 4 is 28.9 Å². The molecule has 1 saturated heterocycles. The zero-order valence-electron chi connectivity index (χ0n) is 16.5. The van der Waals surface area contributed by atoms with Gasteiger partial charge in [0.05, 0.1) is 5.69 Å². The molecule has 2 fully saturated rings. The van der Waals surface area contributed by atoms with Crippen molar-refractivity contribution < 1.29 is 14.0 Å². The van der Waals surface area contributed by atoms with E-state index in [0.717, 1.165) is 31.9 Å². The van der Waals surface area contributed by atoms with Gasteiger partial charge in [-0.25, -0.2) is 4.39 Å². The van der Waals surface area contributed by atoms with Crippen LogP contribution < -0.4 is 15.5 Å². The van der Waals surface area contributed by atoms with E-state index in [9.17, 15) is 14.0 Å². The van der Waals surface area contributed by atoms with Crippen molar-refractivity contribution in [2.45, 2.75) is 12.8 Å². The van der Waals surface area contributed by atoms with Crippen molar-refractivity contribution in [1.82, 2.24) is 4.90 Å². The molecule has 0 spiro atoms. The summed E-state index contributed by atoms with van der Waals surface area (Å²) >= 11 is 0.